The average molecular weight is 377 g/mol. The Balaban J connectivity index is 1.42. The summed E-state index contributed by atoms with van der Waals surface area (Å²) in [4.78, 5) is 12.2. The molecule has 0 bridgehead atoms. The van der Waals surface area contributed by atoms with Gasteiger partial charge in [-0.3, -0.25) is 4.79 Å². The first-order valence-electron chi connectivity index (χ1n) is 8.87. The van der Waals surface area contributed by atoms with Crippen molar-refractivity contribution in [3.8, 4) is 0 Å². The van der Waals surface area contributed by atoms with Crippen LogP contribution in [0.3, 0.4) is 0 Å². The zero-order valence-electron chi connectivity index (χ0n) is 14.2. The van der Waals surface area contributed by atoms with E-state index in [2.05, 4.69) is 20.8 Å². The van der Waals surface area contributed by atoms with Gasteiger partial charge in [-0.05, 0) is 25.0 Å². The van der Waals surface area contributed by atoms with Crippen LogP contribution in [-0.2, 0) is 4.79 Å². The number of carbonyl (C=O) groups is 1. The second-order valence-electron chi connectivity index (χ2n) is 6.26. The molecule has 5 nitrogen and oxygen atoms in total. The number of hydrogen-bond acceptors (Lipinski definition) is 6. The van der Waals surface area contributed by atoms with Crippen LogP contribution in [0.2, 0.25) is 0 Å². The van der Waals surface area contributed by atoms with E-state index in [1.54, 1.807) is 0 Å². The van der Waals surface area contributed by atoms with E-state index in [1.807, 2.05) is 30.3 Å². The molecule has 134 valence electrons. The summed E-state index contributed by atoms with van der Waals surface area (Å²) >= 11 is 2.92. The van der Waals surface area contributed by atoms with Crippen molar-refractivity contribution >= 4 is 39.8 Å². The zero-order chi connectivity index (χ0) is 17.3. The van der Waals surface area contributed by atoms with Crippen LogP contribution in [0.15, 0.2) is 34.7 Å². The van der Waals surface area contributed by atoms with Gasteiger partial charge in [0.15, 0.2) is 4.34 Å². The van der Waals surface area contributed by atoms with Crippen molar-refractivity contribution in [2.45, 2.75) is 55.3 Å². The van der Waals surface area contributed by atoms with Gasteiger partial charge in [0, 0.05) is 11.7 Å². The van der Waals surface area contributed by atoms with Crippen LogP contribution in [0, 0.1) is 0 Å². The third-order valence-electron chi connectivity index (χ3n) is 4.23. The topological polar surface area (TPSA) is 66.9 Å². The summed E-state index contributed by atoms with van der Waals surface area (Å²) in [5.41, 5.74) is 0.984. The molecular formula is C18H24N4OS2. The summed E-state index contributed by atoms with van der Waals surface area (Å²) in [6, 6.07) is 10.2. The number of para-hydroxylation sites is 1. The molecule has 25 heavy (non-hydrogen) atoms. The smallest absolute Gasteiger partial charge is 0.230 e. The summed E-state index contributed by atoms with van der Waals surface area (Å²) in [5, 5.41) is 15.4. The van der Waals surface area contributed by atoms with Crippen molar-refractivity contribution in [1.29, 1.82) is 0 Å². The van der Waals surface area contributed by atoms with Crippen molar-refractivity contribution < 1.29 is 4.79 Å². The van der Waals surface area contributed by atoms with Crippen LogP contribution >= 0.6 is 23.1 Å². The number of aromatic nitrogens is 2. The van der Waals surface area contributed by atoms with Crippen LogP contribution in [0.1, 0.15) is 44.9 Å². The minimum atomic E-state index is 0.100. The molecule has 0 aliphatic heterocycles. The first-order valence-corrected chi connectivity index (χ1v) is 10.7. The average Bonchev–Trinajstić information content (AvgIpc) is 3.04. The van der Waals surface area contributed by atoms with E-state index in [4.69, 9.17) is 0 Å². The van der Waals surface area contributed by atoms with Crippen LogP contribution in [0.5, 0.6) is 0 Å². The van der Waals surface area contributed by atoms with Gasteiger partial charge in [-0.1, -0.05) is 73.4 Å². The highest BCUT2D eigenvalue weighted by Crippen LogP contribution is 2.27. The van der Waals surface area contributed by atoms with Crippen LogP contribution in [0.4, 0.5) is 10.8 Å². The van der Waals surface area contributed by atoms with Crippen molar-refractivity contribution in [2.75, 3.05) is 11.1 Å². The van der Waals surface area contributed by atoms with E-state index in [-0.39, 0.29) is 5.91 Å². The Bertz CT molecular complexity index is 654. The Morgan fingerprint density at radius 3 is 2.56 bits per heavy atom. The minimum Gasteiger partial charge on any atom is -0.353 e. The zero-order valence-corrected chi connectivity index (χ0v) is 15.9. The Hall–Kier alpha value is -1.60. The largest absolute Gasteiger partial charge is 0.353 e. The monoisotopic (exact) mass is 376 g/mol. The number of nitrogens with zero attached hydrogens (tertiary/aromatic N) is 2. The van der Waals surface area contributed by atoms with Gasteiger partial charge < -0.3 is 10.6 Å². The first-order chi connectivity index (χ1) is 12.3. The summed E-state index contributed by atoms with van der Waals surface area (Å²) in [7, 11) is 0. The molecular weight excluding hydrogens is 352 g/mol. The molecule has 0 atom stereocenters. The minimum absolute atomic E-state index is 0.100. The van der Waals surface area contributed by atoms with Gasteiger partial charge in [-0.2, -0.15) is 0 Å². The standard InChI is InChI=1S/C18H24N4OS2/c23-16(19-14-9-5-2-1-3-6-10-14)13-24-18-22-21-17(25-18)20-15-11-7-4-8-12-15/h4,7-8,11-12,14H,1-3,5-6,9-10,13H2,(H,19,23)(H,20,21). The highest BCUT2D eigenvalue weighted by atomic mass is 32.2. The van der Waals surface area contributed by atoms with Gasteiger partial charge in [0.05, 0.1) is 5.75 Å². The number of amides is 1. The first kappa shape index (κ1) is 18.2. The third kappa shape index (κ3) is 6.32. The van der Waals surface area contributed by atoms with Crippen LogP contribution in [-0.4, -0.2) is 27.9 Å². The molecule has 1 aromatic carbocycles. The summed E-state index contributed by atoms with van der Waals surface area (Å²) in [6.07, 6.45) is 8.60. The van der Waals surface area contributed by atoms with Gasteiger partial charge in [0.1, 0.15) is 0 Å². The lowest BCUT2D eigenvalue weighted by Crippen LogP contribution is -2.36. The normalized spacial score (nSPS) is 16.0. The van der Waals surface area contributed by atoms with E-state index < -0.39 is 0 Å². The number of nitrogens with one attached hydrogen (secondary N) is 2. The van der Waals surface area contributed by atoms with E-state index in [1.165, 1.54) is 55.2 Å². The fourth-order valence-electron chi connectivity index (χ4n) is 2.96. The van der Waals surface area contributed by atoms with Crippen molar-refractivity contribution in [1.82, 2.24) is 15.5 Å². The van der Waals surface area contributed by atoms with Gasteiger partial charge in [0.2, 0.25) is 11.0 Å². The molecule has 2 aromatic rings. The molecule has 2 N–H and O–H groups in total. The Morgan fingerprint density at radius 1 is 1.08 bits per heavy atom. The molecule has 1 aromatic heterocycles. The quantitative estimate of drug-likeness (QED) is 0.721. The maximum Gasteiger partial charge on any atom is 0.230 e. The van der Waals surface area contributed by atoms with Crippen molar-refractivity contribution in [2.24, 2.45) is 0 Å². The molecule has 0 unspecified atom stereocenters. The van der Waals surface area contributed by atoms with E-state index in [9.17, 15) is 4.79 Å². The van der Waals surface area contributed by atoms with Crippen molar-refractivity contribution in [3.05, 3.63) is 30.3 Å². The van der Waals surface area contributed by atoms with E-state index in [0.717, 1.165) is 28.0 Å². The highest BCUT2D eigenvalue weighted by Gasteiger charge is 2.15. The van der Waals surface area contributed by atoms with Gasteiger partial charge in [0.25, 0.3) is 0 Å². The maximum absolute atomic E-state index is 12.2. The van der Waals surface area contributed by atoms with E-state index >= 15 is 0 Å². The van der Waals surface area contributed by atoms with Crippen molar-refractivity contribution in [3.63, 3.8) is 0 Å². The predicted octanol–water partition coefficient (Wildman–Crippen LogP) is 4.60. The molecule has 1 aliphatic rings. The lowest BCUT2D eigenvalue weighted by Gasteiger charge is -2.20. The maximum atomic E-state index is 12.2. The molecule has 7 heteroatoms. The molecule has 0 spiro atoms. The molecule has 3 rings (SSSR count). The number of rotatable bonds is 6. The fourth-order valence-corrected chi connectivity index (χ4v) is 4.54. The Morgan fingerprint density at radius 2 is 1.80 bits per heavy atom. The Labute approximate surface area is 157 Å². The highest BCUT2D eigenvalue weighted by molar-refractivity contribution is 8.01. The lowest BCUT2D eigenvalue weighted by atomic mass is 9.97. The second-order valence-corrected chi connectivity index (χ2v) is 8.46. The molecule has 1 heterocycles. The van der Waals surface area contributed by atoms with Crippen LogP contribution < -0.4 is 10.6 Å². The Kier molecular flexibility index (Phi) is 7.11. The predicted molar refractivity (Wildman–Crippen MR) is 105 cm³/mol. The van der Waals surface area contributed by atoms with Gasteiger partial charge in [-0.25, -0.2) is 0 Å². The number of carbonyl (C=O) groups excluding carboxylic acids is 1. The summed E-state index contributed by atoms with van der Waals surface area (Å²) in [6.45, 7) is 0. The van der Waals surface area contributed by atoms with Crippen LogP contribution in [0.25, 0.3) is 0 Å². The lowest BCUT2D eigenvalue weighted by molar-refractivity contribution is -0.119. The molecule has 1 amide bonds. The van der Waals surface area contributed by atoms with Gasteiger partial charge in [-0.15, -0.1) is 10.2 Å². The number of thioether (sulfide) groups is 1. The van der Waals surface area contributed by atoms with Gasteiger partial charge >= 0.3 is 0 Å². The number of anilines is 2. The molecule has 1 saturated carbocycles. The molecule has 0 radical (unpaired) electrons. The molecule has 1 fully saturated rings. The third-order valence-corrected chi connectivity index (χ3v) is 6.20. The molecule has 1 aliphatic carbocycles. The summed E-state index contributed by atoms with van der Waals surface area (Å²) in [5.74, 6) is 0.500. The summed E-state index contributed by atoms with van der Waals surface area (Å²) < 4.78 is 0.811. The molecule has 0 saturated heterocycles. The number of hydrogen-bond donors (Lipinski definition) is 2. The second kappa shape index (κ2) is 9.77. The fraction of sp³-hybridized carbons (Fsp3) is 0.500. The van der Waals surface area contributed by atoms with E-state index in [0.29, 0.717) is 11.8 Å². The number of benzene rings is 1. The SMILES string of the molecule is O=C(CSc1nnc(Nc2ccccc2)s1)NC1CCCCCCC1.